The molecule has 2 aliphatic rings. The Kier molecular flexibility index (Phi) is 4.48. The van der Waals surface area contributed by atoms with Gasteiger partial charge >= 0.3 is 0 Å². The van der Waals surface area contributed by atoms with E-state index < -0.39 is 0 Å². The fraction of sp³-hybridized carbons (Fsp3) is 1.00. The summed E-state index contributed by atoms with van der Waals surface area (Å²) in [4.78, 5) is 2.83. The highest BCUT2D eigenvalue weighted by Gasteiger charge is 2.35. The largest absolute Gasteiger partial charge is 0.311 e. The predicted molar refractivity (Wildman–Crippen MR) is 74.2 cm³/mol. The third-order valence-corrected chi connectivity index (χ3v) is 4.94. The summed E-state index contributed by atoms with van der Waals surface area (Å²) in [6, 6.07) is 2.29. The lowest BCUT2D eigenvalue weighted by Gasteiger charge is -2.48. The summed E-state index contributed by atoms with van der Waals surface area (Å²) in [6.45, 7) is 12.0. The van der Waals surface area contributed by atoms with Gasteiger partial charge in [0, 0.05) is 31.2 Å². The first kappa shape index (κ1) is 13.4. The summed E-state index contributed by atoms with van der Waals surface area (Å²) in [6.07, 6.45) is 5.58. The van der Waals surface area contributed by atoms with E-state index in [2.05, 4.69) is 37.9 Å². The molecule has 0 aromatic heterocycles. The van der Waals surface area contributed by atoms with Gasteiger partial charge in [-0.15, -0.1) is 0 Å². The Morgan fingerprint density at radius 3 is 2.59 bits per heavy atom. The molecular formula is C15H30N2. The van der Waals surface area contributed by atoms with E-state index in [0.717, 1.165) is 23.9 Å². The monoisotopic (exact) mass is 238 g/mol. The molecule has 2 fully saturated rings. The molecule has 2 heteroatoms. The van der Waals surface area contributed by atoms with Crippen molar-refractivity contribution >= 4 is 0 Å². The molecule has 1 saturated heterocycles. The maximum Gasteiger partial charge on any atom is 0.0221 e. The van der Waals surface area contributed by atoms with Crippen LogP contribution in [0, 0.1) is 11.8 Å². The highest BCUT2D eigenvalue weighted by Crippen LogP contribution is 2.33. The van der Waals surface area contributed by atoms with Gasteiger partial charge in [-0.2, -0.15) is 0 Å². The molecule has 2 nitrogen and oxygen atoms in total. The fourth-order valence-electron chi connectivity index (χ4n) is 3.91. The minimum absolute atomic E-state index is 0.671. The molecule has 100 valence electrons. The van der Waals surface area contributed by atoms with Crippen LogP contribution in [-0.2, 0) is 0 Å². The lowest BCUT2D eigenvalue weighted by atomic mass is 9.78. The second-order valence-electron chi connectivity index (χ2n) is 6.53. The van der Waals surface area contributed by atoms with E-state index in [-0.39, 0.29) is 0 Å². The minimum atomic E-state index is 0.671. The van der Waals surface area contributed by atoms with E-state index in [4.69, 9.17) is 0 Å². The molecule has 1 N–H and O–H groups in total. The summed E-state index contributed by atoms with van der Waals surface area (Å²) in [7, 11) is 0. The predicted octanol–water partition coefficient (Wildman–Crippen LogP) is 2.88. The van der Waals surface area contributed by atoms with Crippen LogP contribution in [0.15, 0.2) is 0 Å². The SMILES string of the molecule is CCC1CNC(C)CN1C1CCC(C)CC1C. The Hall–Kier alpha value is -0.0800. The van der Waals surface area contributed by atoms with Crippen LogP contribution in [0.1, 0.15) is 53.4 Å². The Balaban J connectivity index is 2.02. The van der Waals surface area contributed by atoms with E-state index >= 15 is 0 Å². The minimum Gasteiger partial charge on any atom is -0.311 e. The zero-order chi connectivity index (χ0) is 12.4. The molecule has 1 heterocycles. The van der Waals surface area contributed by atoms with Crippen molar-refractivity contribution in [3.05, 3.63) is 0 Å². The molecule has 0 aromatic rings. The molecule has 0 radical (unpaired) electrons. The molecule has 2 rings (SSSR count). The van der Waals surface area contributed by atoms with Gasteiger partial charge in [-0.3, -0.25) is 4.90 Å². The summed E-state index contributed by atoms with van der Waals surface area (Å²) < 4.78 is 0. The van der Waals surface area contributed by atoms with Gasteiger partial charge in [-0.25, -0.2) is 0 Å². The molecular weight excluding hydrogens is 208 g/mol. The number of piperazine rings is 1. The van der Waals surface area contributed by atoms with Gasteiger partial charge in [-0.1, -0.05) is 20.8 Å². The van der Waals surface area contributed by atoms with Crippen LogP contribution in [0.4, 0.5) is 0 Å². The van der Waals surface area contributed by atoms with E-state index in [1.807, 2.05) is 0 Å². The zero-order valence-corrected chi connectivity index (χ0v) is 12.1. The van der Waals surface area contributed by atoms with Gasteiger partial charge < -0.3 is 5.32 Å². The molecule has 0 bridgehead atoms. The molecule has 17 heavy (non-hydrogen) atoms. The van der Waals surface area contributed by atoms with E-state index in [1.54, 1.807) is 0 Å². The number of nitrogens with zero attached hydrogens (tertiary/aromatic N) is 1. The first-order valence-corrected chi connectivity index (χ1v) is 7.61. The normalized spacial score (nSPS) is 44.8. The smallest absolute Gasteiger partial charge is 0.0221 e. The Labute approximate surface area is 107 Å². The lowest BCUT2D eigenvalue weighted by Crippen LogP contribution is -2.60. The highest BCUT2D eigenvalue weighted by atomic mass is 15.3. The van der Waals surface area contributed by atoms with Crippen molar-refractivity contribution in [1.82, 2.24) is 10.2 Å². The van der Waals surface area contributed by atoms with Crippen molar-refractivity contribution in [2.24, 2.45) is 11.8 Å². The van der Waals surface area contributed by atoms with Gasteiger partial charge in [0.2, 0.25) is 0 Å². The maximum absolute atomic E-state index is 3.63. The van der Waals surface area contributed by atoms with Crippen LogP contribution >= 0.6 is 0 Å². The Morgan fingerprint density at radius 1 is 1.18 bits per heavy atom. The molecule has 1 saturated carbocycles. The van der Waals surface area contributed by atoms with Crippen LogP contribution in [0.25, 0.3) is 0 Å². The van der Waals surface area contributed by atoms with Crippen molar-refractivity contribution < 1.29 is 0 Å². The average molecular weight is 238 g/mol. The number of rotatable bonds is 2. The number of hydrogen-bond acceptors (Lipinski definition) is 2. The van der Waals surface area contributed by atoms with Crippen LogP contribution in [0.3, 0.4) is 0 Å². The van der Waals surface area contributed by atoms with E-state index in [0.29, 0.717) is 6.04 Å². The van der Waals surface area contributed by atoms with Crippen molar-refractivity contribution in [3.8, 4) is 0 Å². The van der Waals surface area contributed by atoms with Crippen molar-refractivity contribution in [2.75, 3.05) is 13.1 Å². The van der Waals surface area contributed by atoms with Gasteiger partial charge in [-0.05, 0) is 44.4 Å². The van der Waals surface area contributed by atoms with Gasteiger partial charge in [0.05, 0.1) is 0 Å². The standard InChI is InChI=1S/C15H30N2/c1-5-14-9-16-13(4)10-17(14)15-7-6-11(2)8-12(15)3/h11-16H,5-10H2,1-4H3. The second-order valence-corrected chi connectivity index (χ2v) is 6.53. The topological polar surface area (TPSA) is 15.3 Å². The summed E-state index contributed by atoms with van der Waals surface area (Å²) in [5.41, 5.74) is 0. The van der Waals surface area contributed by atoms with Crippen molar-refractivity contribution in [2.45, 2.75) is 71.5 Å². The molecule has 0 amide bonds. The van der Waals surface area contributed by atoms with Crippen LogP contribution < -0.4 is 5.32 Å². The second kappa shape index (κ2) is 5.71. The first-order chi connectivity index (χ1) is 8.11. The summed E-state index contributed by atoms with van der Waals surface area (Å²) >= 11 is 0. The number of nitrogens with one attached hydrogen (secondary N) is 1. The zero-order valence-electron chi connectivity index (χ0n) is 12.1. The van der Waals surface area contributed by atoms with Gasteiger partial charge in [0.15, 0.2) is 0 Å². The Morgan fingerprint density at radius 2 is 1.94 bits per heavy atom. The quantitative estimate of drug-likeness (QED) is 0.796. The van der Waals surface area contributed by atoms with Gasteiger partial charge in [0.1, 0.15) is 0 Å². The Bertz CT molecular complexity index is 241. The third-order valence-electron chi connectivity index (χ3n) is 4.94. The molecule has 1 aliphatic carbocycles. The fourth-order valence-corrected chi connectivity index (χ4v) is 3.91. The van der Waals surface area contributed by atoms with E-state index in [1.165, 1.54) is 38.8 Å². The summed E-state index contributed by atoms with van der Waals surface area (Å²) in [5, 5.41) is 3.63. The average Bonchev–Trinajstić information content (AvgIpc) is 2.29. The maximum atomic E-state index is 3.63. The summed E-state index contributed by atoms with van der Waals surface area (Å²) in [5.74, 6) is 1.83. The van der Waals surface area contributed by atoms with Crippen LogP contribution in [-0.4, -0.2) is 36.1 Å². The van der Waals surface area contributed by atoms with Crippen molar-refractivity contribution in [1.29, 1.82) is 0 Å². The third kappa shape index (κ3) is 3.03. The lowest BCUT2D eigenvalue weighted by molar-refractivity contribution is 0.0268. The molecule has 1 aliphatic heterocycles. The van der Waals surface area contributed by atoms with Gasteiger partial charge in [0.25, 0.3) is 0 Å². The molecule has 5 atom stereocenters. The number of hydrogen-bond donors (Lipinski definition) is 1. The molecule has 5 unspecified atom stereocenters. The van der Waals surface area contributed by atoms with E-state index in [9.17, 15) is 0 Å². The molecule has 0 spiro atoms. The first-order valence-electron chi connectivity index (χ1n) is 7.61. The highest BCUT2D eigenvalue weighted by molar-refractivity contribution is 4.91. The van der Waals surface area contributed by atoms with Crippen LogP contribution in [0.5, 0.6) is 0 Å². The van der Waals surface area contributed by atoms with Crippen LogP contribution in [0.2, 0.25) is 0 Å². The van der Waals surface area contributed by atoms with Crippen molar-refractivity contribution in [3.63, 3.8) is 0 Å². The molecule has 0 aromatic carbocycles.